The third-order valence-electron chi connectivity index (χ3n) is 6.52. The zero-order chi connectivity index (χ0) is 16.1. The van der Waals surface area contributed by atoms with Gasteiger partial charge in [-0.1, -0.05) is 34.1 Å². The number of ether oxygens (including phenoxy) is 3. The molecule has 0 aromatic rings. The number of hydrogen-bond acceptors (Lipinski definition) is 3. The number of hydrogen-bond donors (Lipinski definition) is 0. The van der Waals surface area contributed by atoms with Crippen LogP contribution in [0.5, 0.6) is 0 Å². The van der Waals surface area contributed by atoms with Crippen molar-refractivity contribution in [3.05, 3.63) is 0 Å². The Labute approximate surface area is 136 Å². The largest absolute Gasteiger partial charge is 0.346 e. The molecule has 2 bridgehead atoms. The first-order valence-corrected chi connectivity index (χ1v) is 9.41. The summed E-state index contributed by atoms with van der Waals surface area (Å²) in [4.78, 5) is 0. The molecule has 0 aromatic carbocycles. The van der Waals surface area contributed by atoms with Gasteiger partial charge in [0, 0.05) is 6.42 Å². The van der Waals surface area contributed by atoms with E-state index in [0.29, 0.717) is 17.8 Å². The highest BCUT2D eigenvalue weighted by atomic mass is 16.8. The lowest BCUT2D eigenvalue weighted by atomic mass is 9.56. The molecule has 1 aliphatic carbocycles. The molecule has 0 radical (unpaired) electrons. The first kappa shape index (κ1) is 16.7. The Bertz CT molecular complexity index is 411. The van der Waals surface area contributed by atoms with Crippen molar-refractivity contribution in [2.45, 2.75) is 97.4 Å². The molecule has 3 saturated heterocycles. The lowest BCUT2D eigenvalue weighted by molar-refractivity contribution is -0.285. The Morgan fingerprint density at radius 1 is 1.00 bits per heavy atom. The average Bonchev–Trinajstić information content (AvgIpc) is 2.66. The van der Waals surface area contributed by atoms with Crippen LogP contribution in [0.3, 0.4) is 0 Å². The van der Waals surface area contributed by atoms with E-state index in [1.807, 2.05) is 0 Å². The normalized spacial score (nSPS) is 55.9. The van der Waals surface area contributed by atoms with Gasteiger partial charge >= 0.3 is 0 Å². The molecule has 0 amide bonds. The predicted octanol–water partition coefficient (Wildman–Crippen LogP) is 4.74. The molecule has 0 aromatic heterocycles. The first-order chi connectivity index (χ1) is 10.4. The van der Waals surface area contributed by atoms with E-state index in [9.17, 15) is 0 Å². The molecule has 3 aliphatic heterocycles. The van der Waals surface area contributed by atoms with Crippen molar-refractivity contribution in [3.63, 3.8) is 0 Å². The third-order valence-corrected chi connectivity index (χ3v) is 6.52. The fourth-order valence-corrected chi connectivity index (χ4v) is 5.35. The lowest BCUT2D eigenvalue weighted by Crippen LogP contribution is -2.65. The van der Waals surface area contributed by atoms with Crippen LogP contribution in [0.2, 0.25) is 0 Å². The maximum atomic E-state index is 6.59. The molecule has 4 fully saturated rings. The van der Waals surface area contributed by atoms with Crippen LogP contribution in [0.25, 0.3) is 0 Å². The van der Waals surface area contributed by atoms with Crippen LogP contribution in [0.4, 0.5) is 0 Å². The zero-order valence-corrected chi connectivity index (χ0v) is 15.2. The Morgan fingerprint density at radius 3 is 2.36 bits per heavy atom. The topological polar surface area (TPSA) is 27.7 Å². The van der Waals surface area contributed by atoms with Crippen LogP contribution in [0.1, 0.15) is 73.6 Å². The molecule has 22 heavy (non-hydrogen) atoms. The van der Waals surface area contributed by atoms with Gasteiger partial charge in [0.25, 0.3) is 0 Å². The Kier molecular flexibility index (Phi) is 4.37. The molecule has 0 unspecified atom stereocenters. The predicted molar refractivity (Wildman–Crippen MR) is 87.4 cm³/mol. The summed E-state index contributed by atoms with van der Waals surface area (Å²) in [5.41, 5.74) is -0.156. The monoisotopic (exact) mass is 310 g/mol. The van der Waals surface area contributed by atoms with Crippen LogP contribution in [-0.4, -0.2) is 23.8 Å². The molecule has 3 nitrogen and oxygen atoms in total. The first-order valence-electron chi connectivity index (χ1n) is 9.41. The summed E-state index contributed by atoms with van der Waals surface area (Å²) in [6, 6.07) is 0. The van der Waals surface area contributed by atoms with Crippen LogP contribution < -0.4 is 0 Å². The van der Waals surface area contributed by atoms with Gasteiger partial charge in [-0.15, -0.1) is 0 Å². The summed E-state index contributed by atoms with van der Waals surface area (Å²) in [6.45, 7) is 13.3. The lowest BCUT2D eigenvalue weighted by Gasteiger charge is -2.58. The molecule has 4 aliphatic rings. The Hall–Kier alpha value is -0.120. The van der Waals surface area contributed by atoms with Crippen molar-refractivity contribution in [1.29, 1.82) is 0 Å². The van der Waals surface area contributed by atoms with E-state index >= 15 is 0 Å². The van der Waals surface area contributed by atoms with Crippen molar-refractivity contribution >= 4 is 0 Å². The second-order valence-electron chi connectivity index (χ2n) is 8.25. The molecular formula is C19H34O3. The van der Waals surface area contributed by atoms with E-state index in [2.05, 4.69) is 41.5 Å². The van der Waals surface area contributed by atoms with E-state index in [1.54, 1.807) is 0 Å². The molecule has 3 heteroatoms. The highest BCUT2D eigenvalue weighted by molar-refractivity contribution is 5.12. The summed E-state index contributed by atoms with van der Waals surface area (Å²) in [5, 5.41) is 0. The smallest absolute Gasteiger partial charge is 0.190 e. The van der Waals surface area contributed by atoms with Gasteiger partial charge in [0.2, 0.25) is 0 Å². The van der Waals surface area contributed by atoms with Crippen molar-refractivity contribution < 1.29 is 14.2 Å². The van der Waals surface area contributed by atoms with Crippen LogP contribution in [-0.2, 0) is 14.2 Å². The van der Waals surface area contributed by atoms with Gasteiger partial charge in [-0.3, -0.25) is 0 Å². The van der Waals surface area contributed by atoms with Gasteiger partial charge < -0.3 is 14.2 Å². The van der Waals surface area contributed by atoms with Crippen molar-refractivity contribution in [2.24, 2.45) is 23.7 Å². The second-order valence-corrected chi connectivity index (χ2v) is 8.25. The maximum absolute atomic E-state index is 6.59. The minimum atomic E-state index is -0.403. The fraction of sp³-hybridized carbons (Fsp3) is 1.00. The quantitative estimate of drug-likeness (QED) is 0.646. The summed E-state index contributed by atoms with van der Waals surface area (Å²) >= 11 is 0. The number of fused-ring (bicyclic) bond motifs is 1. The van der Waals surface area contributed by atoms with Crippen LogP contribution >= 0.6 is 0 Å². The van der Waals surface area contributed by atoms with Gasteiger partial charge in [0.15, 0.2) is 12.1 Å². The van der Waals surface area contributed by atoms with Gasteiger partial charge in [-0.2, -0.15) is 0 Å². The van der Waals surface area contributed by atoms with Crippen molar-refractivity contribution in [1.82, 2.24) is 0 Å². The highest BCUT2D eigenvalue weighted by Gasteiger charge is 2.70. The molecule has 8 atom stereocenters. The van der Waals surface area contributed by atoms with Crippen LogP contribution in [0.15, 0.2) is 0 Å². The molecule has 1 saturated carbocycles. The Balaban J connectivity index is 0.000000446. The van der Waals surface area contributed by atoms with Crippen LogP contribution in [0, 0.1) is 23.7 Å². The minimum Gasteiger partial charge on any atom is -0.346 e. The van der Waals surface area contributed by atoms with Crippen molar-refractivity contribution in [2.75, 3.05) is 0 Å². The molecule has 4 rings (SSSR count). The van der Waals surface area contributed by atoms with Gasteiger partial charge in [-0.05, 0) is 56.8 Å². The highest BCUT2D eigenvalue weighted by Crippen LogP contribution is 2.63. The molecular weight excluding hydrogens is 276 g/mol. The summed E-state index contributed by atoms with van der Waals surface area (Å²) in [6.07, 6.45) is 6.24. The zero-order valence-electron chi connectivity index (χ0n) is 15.2. The van der Waals surface area contributed by atoms with Gasteiger partial charge in [0.1, 0.15) is 5.60 Å². The molecule has 1 spiro atoms. The van der Waals surface area contributed by atoms with E-state index < -0.39 is 5.79 Å². The second kappa shape index (κ2) is 5.75. The van der Waals surface area contributed by atoms with Gasteiger partial charge in [0.05, 0.1) is 6.10 Å². The van der Waals surface area contributed by atoms with E-state index in [0.717, 1.165) is 12.3 Å². The van der Waals surface area contributed by atoms with E-state index in [1.165, 1.54) is 25.7 Å². The fourth-order valence-electron chi connectivity index (χ4n) is 5.35. The summed E-state index contributed by atoms with van der Waals surface area (Å²) in [7, 11) is 0. The van der Waals surface area contributed by atoms with Crippen molar-refractivity contribution in [3.8, 4) is 0 Å². The van der Waals surface area contributed by atoms with Gasteiger partial charge in [-0.25, -0.2) is 0 Å². The standard InChI is InChI=1S/C16H26O3.C3H8/c1-9-5-6-13-10(2)11(3)17-14-16(13)12(9)7-8-15(4,18-14)19-16;1-3-2/h9-14H,5-8H2,1-4H3;3H2,1-2H3/t9-,10+,11-,12+,13+,14-,15+,16-;/m1./s1. The number of rotatable bonds is 0. The minimum absolute atomic E-state index is 0.135. The molecule has 3 heterocycles. The van der Waals surface area contributed by atoms with E-state index in [4.69, 9.17) is 14.2 Å². The Morgan fingerprint density at radius 2 is 1.68 bits per heavy atom. The van der Waals surface area contributed by atoms with E-state index in [-0.39, 0.29) is 18.0 Å². The molecule has 0 N–H and O–H groups in total. The average molecular weight is 310 g/mol. The third kappa shape index (κ3) is 2.27. The maximum Gasteiger partial charge on any atom is 0.190 e. The summed E-state index contributed by atoms with van der Waals surface area (Å²) < 4.78 is 19.0. The summed E-state index contributed by atoms with van der Waals surface area (Å²) in [5.74, 6) is 2.11. The molecule has 128 valence electrons. The SMILES string of the molecule is CCC.C[C@H]1[C@@H](C)O[C@@H]2O[C@]3(C)CC[C@H]4[C@H](C)CC[C@@H]1[C@@]24O3.